The predicted molar refractivity (Wildman–Crippen MR) is 130 cm³/mol. The second-order valence-electron chi connectivity index (χ2n) is 8.07. The van der Waals surface area contributed by atoms with E-state index in [4.69, 9.17) is 5.73 Å². The van der Waals surface area contributed by atoms with Crippen molar-refractivity contribution in [2.24, 2.45) is 5.92 Å². The van der Waals surface area contributed by atoms with Crippen molar-refractivity contribution >= 4 is 60.8 Å². The molecule has 0 saturated carbocycles. The molecule has 170 valence electrons. The van der Waals surface area contributed by atoms with Crippen molar-refractivity contribution in [1.82, 2.24) is 14.3 Å². The van der Waals surface area contributed by atoms with Gasteiger partial charge in [-0.05, 0) is 55.0 Å². The van der Waals surface area contributed by atoms with Crippen LogP contribution in [-0.4, -0.2) is 48.4 Å². The zero-order valence-electron chi connectivity index (χ0n) is 18.1. The Hall–Kier alpha value is -2.21. The summed E-state index contributed by atoms with van der Waals surface area (Å²) in [4.78, 5) is 23.8. The third-order valence-electron chi connectivity index (χ3n) is 5.41. The van der Waals surface area contributed by atoms with E-state index in [1.807, 2.05) is 0 Å². The zero-order valence-corrected chi connectivity index (χ0v) is 20.5. The molecule has 0 spiro atoms. The number of nitrogen functional groups attached to an aromatic ring is 1. The normalized spacial score (nSPS) is 16.3. The minimum absolute atomic E-state index is 0.116. The van der Waals surface area contributed by atoms with Crippen LogP contribution in [0.5, 0.6) is 0 Å². The lowest BCUT2D eigenvalue weighted by atomic mass is 9.89. The minimum Gasteiger partial charge on any atom is -0.383 e. The number of nitrogens with two attached hydrogens (primary N) is 1. The van der Waals surface area contributed by atoms with Crippen molar-refractivity contribution in [3.05, 3.63) is 34.7 Å². The molecule has 2 aromatic heterocycles. The van der Waals surface area contributed by atoms with E-state index in [0.717, 1.165) is 33.8 Å². The number of thiophene rings is 1. The Morgan fingerprint density at radius 3 is 2.69 bits per heavy atom. The molecule has 0 radical (unpaired) electrons. The Morgan fingerprint density at radius 1 is 1.28 bits per heavy atom. The standard InChI is InChI=1S/C21H25N5O3S3/c1-12-4-9-15-16(10-12)31-20-18(15)19(22)24-21(25-20)30-11-17(27)23-13-5-7-14(8-6-13)32(28,29)26(2)3/h5-8,12H,4,9-11H2,1-3H3,(H,23,27)(H2,22,24,25). The van der Waals surface area contributed by atoms with Crippen molar-refractivity contribution in [2.45, 2.75) is 36.2 Å². The quantitative estimate of drug-likeness (QED) is 0.401. The summed E-state index contributed by atoms with van der Waals surface area (Å²) >= 11 is 2.90. The highest BCUT2D eigenvalue weighted by Gasteiger charge is 2.23. The van der Waals surface area contributed by atoms with Gasteiger partial charge in [0.25, 0.3) is 0 Å². The highest BCUT2D eigenvalue weighted by molar-refractivity contribution is 7.99. The number of aryl methyl sites for hydroxylation is 1. The van der Waals surface area contributed by atoms with Crippen molar-refractivity contribution in [1.29, 1.82) is 0 Å². The van der Waals surface area contributed by atoms with E-state index >= 15 is 0 Å². The smallest absolute Gasteiger partial charge is 0.242 e. The number of carbonyl (C=O) groups is 1. The lowest BCUT2D eigenvalue weighted by Gasteiger charge is -2.17. The van der Waals surface area contributed by atoms with E-state index in [1.54, 1.807) is 23.5 Å². The van der Waals surface area contributed by atoms with Crippen LogP contribution >= 0.6 is 23.1 Å². The van der Waals surface area contributed by atoms with Crippen LogP contribution in [0.4, 0.5) is 11.5 Å². The SMILES string of the molecule is CC1CCc2c(sc3nc(SCC(=O)Nc4ccc(S(=O)(=O)N(C)C)cc4)nc(N)c23)C1. The summed E-state index contributed by atoms with van der Waals surface area (Å²) in [5, 5.41) is 4.21. The number of hydrogen-bond donors (Lipinski definition) is 2. The highest BCUT2D eigenvalue weighted by Crippen LogP contribution is 2.39. The highest BCUT2D eigenvalue weighted by atomic mass is 32.2. The molecule has 1 unspecified atom stereocenters. The van der Waals surface area contributed by atoms with Crippen LogP contribution in [0.3, 0.4) is 0 Å². The fourth-order valence-electron chi connectivity index (χ4n) is 3.66. The number of nitrogens with one attached hydrogen (secondary N) is 1. The topological polar surface area (TPSA) is 118 Å². The molecule has 32 heavy (non-hydrogen) atoms. The van der Waals surface area contributed by atoms with Gasteiger partial charge in [-0.15, -0.1) is 11.3 Å². The van der Waals surface area contributed by atoms with Crippen molar-refractivity contribution in [3.8, 4) is 0 Å². The minimum atomic E-state index is -3.51. The molecule has 1 aromatic carbocycles. The Morgan fingerprint density at radius 2 is 2.00 bits per heavy atom. The van der Waals surface area contributed by atoms with Gasteiger partial charge in [0.15, 0.2) is 5.16 Å². The van der Waals surface area contributed by atoms with Gasteiger partial charge in [-0.1, -0.05) is 18.7 Å². The number of sulfonamides is 1. The van der Waals surface area contributed by atoms with Crippen LogP contribution in [0.2, 0.25) is 0 Å². The molecule has 1 amide bonds. The fourth-order valence-corrected chi connectivity index (χ4v) is 6.66. The first kappa shape index (κ1) is 23.0. The molecule has 0 bridgehead atoms. The third-order valence-corrected chi connectivity index (χ3v) is 9.24. The number of hydrogen-bond acceptors (Lipinski definition) is 8. The fraction of sp³-hybridized carbons (Fsp3) is 0.381. The monoisotopic (exact) mass is 491 g/mol. The molecule has 1 aliphatic rings. The lowest BCUT2D eigenvalue weighted by molar-refractivity contribution is -0.113. The molecule has 0 fully saturated rings. The Balaban J connectivity index is 1.42. The van der Waals surface area contributed by atoms with Crippen molar-refractivity contribution < 1.29 is 13.2 Å². The molecular weight excluding hydrogens is 466 g/mol. The number of nitrogens with zero attached hydrogens (tertiary/aromatic N) is 3. The largest absolute Gasteiger partial charge is 0.383 e. The molecular formula is C21H25N5O3S3. The van der Waals surface area contributed by atoms with Crippen LogP contribution in [0.1, 0.15) is 23.8 Å². The van der Waals surface area contributed by atoms with Gasteiger partial charge in [0, 0.05) is 24.7 Å². The van der Waals surface area contributed by atoms with Gasteiger partial charge in [-0.3, -0.25) is 4.79 Å². The van der Waals surface area contributed by atoms with Crippen molar-refractivity contribution in [2.75, 3.05) is 30.9 Å². The molecule has 1 atom stereocenters. The first-order valence-electron chi connectivity index (χ1n) is 10.2. The van der Waals surface area contributed by atoms with E-state index in [9.17, 15) is 13.2 Å². The second kappa shape index (κ2) is 8.97. The van der Waals surface area contributed by atoms with Crippen molar-refractivity contribution in [3.63, 3.8) is 0 Å². The Bertz CT molecular complexity index is 1270. The van der Waals surface area contributed by atoms with E-state index in [0.29, 0.717) is 22.6 Å². The van der Waals surface area contributed by atoms with Gasteiger partial charge >= 0.3 is 0 Å². The summed E-state index contributed by atoms with van der Waals surface area (Å²) in [6, 6.07) is 6.07. The number of amides is 1. The number of rotatable bonds is 6. The molecule has 8 nitrogen and oxygen atoms in total. The third kappa shape index (κ3) is 4.61. The molecule has 3 N–H and O–H groups in total. The Labute approximate surface area is 195 Å². The summed E-state index contributed by atoms with van der Waals surface area (Å²) in [5.74, 6) is 1.02. The summed E-state index contributed by atoms with van der Waals surface area (Å²) in [6.45, 7) is 2.26. The predicted octanol–water partition coefficient (Wildman–Crippen LogP) is 3.38. The van der Waals surface area contributed by atoms with Gasteiger partial charge in [0.2, 0.25) is 15.9 Å². The maximum atomic E-state index is 12.4. The lowest BCUT2D eigenvalue weighted by Crippen LogP contribution is -2.22. The summed E-state index contributed by atoms with van der Waals surface area (Å²) < 4.78 is 25.4. The molecule has 4 rings (SSSR count). The number of benzene rings is 1. The first-order valence-corrected chi connectivity index (χ1v) is 13.4. The molecule has 1 aliphatic carbocycles. The number of aromatic nitrogens is 2. The van der Waals surface area contributed by atoms with Crippen LogP contribution < -0.4 is 11.1 Å². The zero-order chi connectivity index (χ0) is 23.0. The van der Waals surface area contributed by atoms with E-state index < -0.39 is 10.0 Å². The molecule has 0 aliphatic heterocycles. The van der Waals surface area contributed by atoms with Gasteiger partial charge in [-0.2, -0.15) is 0 Å². The Kier molecular flexibility index (Phi) is 6.44. The first-order chi connectivity index (χ1) is 15.1. The molecule has 2 heterocycles. The molecule has 3 aromatic rings. The number of anilines is 2. The average molecular weight is 492 g/mol. The van der Waals surface area contributed by atoms with E-state index in [-0.39, 0.29) is 16.6 Å². The van der Waals surface area contributed by atoms with Gasteiger partial charge in [0.1, 0.15) is 10.6 Å². The van der Waals surface area contributed by atoms with Crippen LogP contribution in [-0.2, 0) is 27.7 Å². The maximum Gasteiger partial charge on any atom is 0.242 e. The van der Waals surface area contributed by atoms with E-state index in [2.05, 4.69) is 22.2 Å². The number of carbonyl (C=O) groups excluding carboxylic acids is 1. The summed E-state index contributed by atoms with van der Waals surface area (Å²) in [6.07, 6.45) is 3.21. The van der Waals surface area contributed by atoms with Crippen LogP contribution in [0, 0.1) is 5.92 Å². The number of thioether (sulfide) groups is 1. The maximum absolute atomic E-state index is 12.4. The van der Waals surface area contributed by atoms with Crippen LogP contribution in [0.25, 0.3) is 10.2 Å². The second-order valence-corrected chi connectivity index (χ2v) is 12.2. The van der Waals surface area contributed by atoms with Gasteiger partial charge in [0.05, 0.1) is 16.0 Å². The van der Waals surface area contributed by atoms with E-state index in [1.165, 1.54) is 48.4 Å². The van der Waals surface area contributed by atoms with Gasteiger partial charge < -0.3 is 11.1 Å². The van der Waals surface area contributed by atoms with Crippen LogP contribution in [0.15, 0.2) is 34.3 Å². The number of fused-ring (bicyclic) bond motifs is 3. The summed E-state index contributed by atoms with van der Waals surface area (Å²) in [7, 11) is -0.561. The average Bonchev–Trinajstić information content (AvgIpc) is 3.10. The summed E-state index contributed by atoms with van der Waals surface area (Å²) in [5.41, 5.74) is 8.05. The molecule has 11 heteroatoms. The molecule has 0 saturated heterocycles. The van der Waals surface area contributed by atoms with Gasteiger partial charge in [-0.25, -0.2) is 22.7 Å².